The zero-order valence-electron chi connectivity index (χ0n) is 20.1. The molecule has 184 valence electrons. The van der Waals surface area contributed by atoms with Gasteiger partial charge in [-0.2, -0.15) is 0 Å². The standard InChI is InChI=1S/C24H32N2O5.CH4O.H2/c1-26-20-17(11-12-19(30-2)21(20)31-3)15-18(23(26)29)22(28)25-24(16-27)13-9-7-5-4-6-8-10-14-24;1-2;/h11-12,15-16H,4-10,13-14H2,1-3H3,(H,25,28);2H,1H3;1H. The highest BCUT2D eigenvalue weighted by Crippen LogP contribution is 2.34. The first kappa shape index (κ1) is 26.4. The summed E-state index contributed by atoms with van der Waals surface area (Å²) in [7, 11) is 5.64. The van der Waals surface area contributed by atoms with Gasteiger partial charge in [0.2, 0.25) is 0 Å². The van der Waals surface area contributed by atoms with Gasteiger partial charge in [-0.3, -0.25) is 9.59 Å². The number of hydrogen-bond donors (Lipinski definition) is 2. The van der Waals surface area contributed by atoms with Crippen molar-refractivity contribution in [1.29, 1.82) is 0 Å². The van der Waals surface area contributed by atoms with Crippen LogP contribution in [0.3, 0.4) is 0 Å². The lowest BCUT2D eigenvalue weighted by Crippen LogP contribution is -2.51. The molecule has 0 radical (unpaired) electrons. The van der Waals surface area contributed by atoms with Gasteiger partial charge in [0, 0.05) is 21.0 Å². The van der Waals surface area contributed by atoms with Crippen molar-refractivity contribution in [1.82, 2.24) is 9.88 Å². The summed E-state index contributed by atoms with van der Waals surface area (Å²) >= 11 is 0. The van der Waals surface area contributed by atoms with Crippen molar-refractivity contribution in [2.45, 2.75) is 63.3 Å². The zero-order valence-corrected chi connectivity index (χ0v) is 20.1. The molecule has 0 saturated heterocycles. The Bertz CT molecular complexity index is 1010. The van der Waals surface area contributed by atoms with Gasteiger partial charge < -0.3 is 29.3 Å². The van der Waals surface area contributed by atoms with Crippen molar-refractivity contribution in [3.8, 4) is 11.5 Å². The number of aryl methyl sites for hydroxylation is 1. The average Bonchev–Trinajstić information content (AvgIpc) is 2.85. The lowest BCUT2D eigenvalue weighted by atomic mass is 9.86. The number of carbonyl (C=O) groups is 2. The lowest BCUT2D eigenvalue weighted by Gasteiger charge is -2.30. The third kappa shape index (κ3) is 5.93. The number of nitrogens with one attached hydrogen (secondary N) is 1. The van der Waals surface area contributed by atoms with Gasteiger partial charge in [0.1, 0.15) is 11.8 Å². The fraction of sp³-hybridized carbons (Fsp3) is 0.560. The predicted octanol–water partition coefficient (Wildman–Crippen LogP) is 3.60. The van der Waals surface area contributed by atoms with E-state index < -0.39 is 17.0 Å². The fourth-order valence-corrected chi connectivity index (χ4v) is 4.51. The molecule has 1 aliphatic rings. The number of amides is 1. The first-order valence-corrected chi connectivity index (χ1v) is 11.4. The summed E-state index contributed by atoms with van der Waals surface area (Å²) in [6.45, 7) is 0. The van der Waals surface area contributed by atoms with Crippen LogP contribution in [0.2, 0.25) is 0 Å². The zero-order chi connectivity index (χ0) is 24.4. The quantitative estimate of drug-likeness (QED) is 0.658. The number of aromatic nitrogens is 1. The monoisotopic (exact) mass is 462 g/mol. The van der Waals surface area contributed by atoms with Gasteiger partial charge in [-0.1, -0.05) is 44.9 Å². The molecule has 1 heterocycles. The fourth-order valence-electron chi connectivity index (χ4n) is 4.51. The van der Waals surface area contributed by atoms with Gasteiger partial charge in [-0.05, 0) is 31.0 Å². The molecule has 1 saturated carbocycles. The van der Waals surface area contributed by atoms with Gasteiger partial charge >= 0.3 is 0 Å². The maximum Gasteiger partial charge on any atom is 0.263 e. The van der Waals surface area contributed by atoms with Crippen LogP contribution >= 0.6 is 0 Å². The molecule has 0 atom stereocenters. The van der Waals surface area contributed by atoms with Crippen molar-refractivity contribution in [3.63, 3.8) is 0 Å². The van der Waals surface area contributed by atoms with Crippen molar-refractivity contribution in [2.75, 3.05) is 21.3 Å². The van der Waals surface area contributed by atoms with Crippen molar-refractivity contribution < 1.29 is 25.6 Å². The summed E-state index contributed by atoms with van der Waals surface area (Å²) in [6.07, 6.45) is 9.45. The molecule has 33 heavy (non-hydrogen) atoms. The van der Waals surface area contributed by atoms with Gasteiger partial charge in [-0.25, -0.2) is 0 Å². The maximum absolute atomic E-state index is 13.2. The maximum atomic E-state index is 13.2. The van der Waals surface area contributed by atoms with E-state index in [-0.39, 0.29) is 6.99 Å². The molecule has 0 bridgehead atoms. The summed E-state index contributed by atoms with van der Waals surface area (Å²) in [5, 5.41) is 10.6. The Morgan fingerprint density at radius 3 is 2.15 bits per heavy atom. The molecule has 0 aliphatic heterocycles. The summed E-state index contributed by atoms with van der Waals surface area (Å²) < 4.78 is 12.2. The largest absolute Gasteiger partial charge is 0.493 e. The Labute approximate surface area is 196 Å². The normalized spacial score (nSPS) is 16.2. The number of ether oxygens (including phenoxy) is 2. The molecular formula is C25H38N2O6. The topological polar surface area (TPSA) is 107 Å². The van der Waals surface area contributed by atoms with E-state index in [0.29, 0.717) is 35.2 Å². The van der Waals surface area contributed by atoms with E-state index in [1.54, 1.807) is 25.2 Å². The van der Waals surface area contributed by atoms with Crippen LogP contribution in [0.5, 0.6) is 11.5 Å². The highest BCUT2D eigenvalue weighted by Gasteiger charge is 2.32. The van der Waals surface area contributed by atoms with E-state index in [2.05, 4.69) is 5.32 Å². The number of hydrogen-bond acceptors (Lipinski definition) is 6. The first-order valence-electron chi connectivity index (χ1n) is 11.4. The Balaban J connectivity index is 0.00000188. The van der Waals surface area contributed by atoms with E-state index >= 15 is 0 Å². The second-order valence-corrected chi connectivity index (χ2v) is 8.36. The molecule has 2 aromatic rings. The number of carbonyl (C=O) groups excluding carboxylic acids is 2. The predicted molar refractivity (Wildman–Crippen MR) is 130 cm³/mol. The molecule has 8 nitrogen and oxygen atoms in total. The molecule has 0 unspecified atom stereocenters. The van der Waals surface area contributed by atoms with Crippen LogP contribution in [-0.2, 0) is 11.8 Å². The van der Waals surface area contributed by atoms with Crippen LogP contribution in [0.1, 0.15) is 69.6 Å². The molecule has 1 amide bonds. The van der Waals surface area contributed by atoms with E-state index in [1.165, 1.54) is 25.2 Å². The number of rotatable bonds is 5. The van der Waals surface area contributed by atoms with Gasteiger partial charge in [-0.15, -0.1) is 0 Å². The highest BCUT2D eigenvalue weighted by atomic mass is 16.5. The van der Waals surface area contributed by atoms with E-state index in [9.17, 15) is 14.4 Å². The smallest absolute Gasteiger partial charge is 0.263 e. The highest BCUT2D eigenvalue weighted by molar-refractivity contribution is 6.00. The molecular weight excluding hydrogens is 424 g/mol. The Morgan fingerprint density at radius 1 is 1.06 bits per heavy atom. The number of aldehydes is 1. The number of aliphatic hydroxyl groups excluding tert-OH is 1. The summed E-state index contributed by atoms with van der Waals surface area (Å²) in [5.41, 5.74) is -0.809. The van der Waals surface area contributed by atoms with Crippen LogP contribution in [0.4, 0.5) is 0 Å². The number of aliphatic hydroxyl groups is 1. The molecule has 3 rings (SSSR count). The van der Waals surface area contributed by atoms with Crippen molar-refractivity contribution in [3.05, 3.63) is 34.1 Å². The summed E-state index contributed by atoms with van der Waals surface area (Å²) in [6, 6.07) is 5.08. The SMILES string of the molecule is CO.COc1ccc2cc(C(=O)NC3(C=O)CCCCCCCCC3)c(=O)n(C)c2c1OC.[HH]. The van der Waals surface area contributed by atoms with Crippen molar-refractivity contribution >= 4 is 23.1 Å². The summed E-state index contributed by atoms with van der Waals surface area (Å²) in [4.78, 5) is 38.4. The molecule has 1 aromatic carbocycles. The van der Waals surface area contributed by atoms with E-state index in [1.807, 2.05) is 0 Å². The number of methoxy groups -OCH3 is 2. The van der Waals surface area contributed by atoms with Crippen LogP contribution in [-0.4, -0.2) is 48.7 Å². The number of pyridine rings is 1. The Hall–Kier alpha value is -2.87. The van der Waals surface area contributed by atoms with E-state index in [4.69, 9.17) is 14.6 Å². The van der Waals surface area contributed by atoms with Gasteiger partial charge in [0.15, 0.2) is 11.5 Å². The second-order valence-electron chi connectivity index (χ2n) is 8.36. The third-order valence-corrected chi connectivity index (χ3v) is 6.30. The van der Waals surface area contributed by atoms with Crippen LogP contribution in [0.15, 0.2) is 23.0 Å². The molecule has 1 fully saturated rings. The number of benzene rings is 1. The van der Waals surface area contributed by atoms with E-state index in [0.717, 1.165) is 51.9 Å². The second kappa shape index (κ2) is 12.4. The minimum Gasteiger partial charge on any atom is -0.493 e. The van der Waals surface area contributed by atoms with Crippen LogP contribution in [0.25, 0.3) is 10.9 Å². The molecule has 1 aliphatic carbocycles. The summed E-state index contributed by atoms with van der Waals surface area (Å²) in [5.74, 6) is 0.424. The number of fused-ring (bicyclic) bond motifs is 1. The molecule has 8 heteroatoms. The first-order chi connectivity index (χ1) is 16.0. The Morgan fingerprint density at radius 2 is 1.64 bits per heavy atom. The third-order valence-electron chi connectivity index (χ3n) is 6.30. The average molecular weight is 463 g/mol. The van der Waals surface area contributed by atoms with Gasteiger partial charge in [0.05, 0.1) is 25.3 Å². The van der Waals surface area contributed by atoms with Gasteiger partial charge in [0.25, 0.3) is 11.5 Å². The minimum absolute atomic E-state index is 0. The molecule has 1 aromatic heterocycles. The van der Waals surface area contributed by atoms with Crippen molar-refractivity contribution in [2.24, 2.45) is 7.05 Å². The number of nitrogens with zero attached hydrogens (tertiary/aromatic N) is 1. The van der Waals surface area contributed by atoms with Crippen LogP contribution < -0.4 is 20.3 Å². The molecule has 2 N–H and O–H groups in total. The lowest BCUT2D eigenvalue weighted by molar-refractivity contribution is -0.113. The Kier molecular flexibility index (Phi) is 9.91. The molecule has 0 spiro atoms. The minimum atomic E-state index is -0.925. The van der Waals surface area contributed by atoms with Crippen LogP contribution in [0, 0.1) is 0 Å².